The van der Waals surface area contributed by atoms with E-state index in [-0.39, 0.29) is 11.9 Å². The molecule has 1 saturated heterocycles. The molecule has 0 spiro atoms. The third-order valence-electron chi connectivity index (χ3n) is 6.46. The van der Waals surface area contributed by atoms with Crippen molar-refractivity contribution < 1.29 is 18.8 Å². The number of carbonyl (C=O) groups excluding carboxylic acids is 1. The van der Waals surface area contributed by atoms with E-state index in [0.717, 1.165) is 23.9 Å². The lowest BCUT2D eigenvalue weighted by Gasteiger charge is -2.32. The molecule has 2 fully saturated rings. The van der Waals surface area contributed by atoms with Gasteiger partial charge in [0.25, 0.3) is 5.91 Å². The summed E-state index contributed by atoms with van der Waals surface area (Å²) < 4.78 is 18.6. The highest BCUT2D eigenvalue weighted by molar-refractivity contribution is 6.63. The van der Waals surface area contributed by atoms with Gasteiger partial charge in [-0.3, -0.25) is 4.79 Å². The van der Waals surface area contributed by atoms with Crippen molar-refractivity contribution in [3.8, 4) is 5.75 Å². The molecule has 1 aliphatic carbocycles. The van der Waals surface area contributed by atoms with Crippen LogP contribution in [-0.4, -0.2) is 30.3 Å². The molecule has 5 nitrogen and oxygen atoms in total. The van der Waals surface area contributed by atoms with E-state index < -0.39 is 18.3 Å². The number of amides is 1. The Morgan fingerprint density at radius 2 is 1.73 bits per heavy atom. The van der Waals surface area contributed by atoms with Gasteiger partial charge >= 0.3 is 7.12 Å². The maximum Gasteiger partial charge on any atom is 0.498 e. The van der Waals surface area contributed by atoms with Crippen molar-refractivity contribution in [3.63, 3.8) is 0 Å². The van der Waals surface area contributed by atoms with Gasteiger partial charge < -0.3 is 19.4 Å². The highest BCUT2D eigenvalue weighted by Crippen LogP contribution is 2.37. The van der Waals surface area contributed by atoms with Crippen LogP contribution in [0.2, 0.25) is 0 Å². The average Bonchev–Trinajstić information content (AvgIpc) is 2.90. The van der Waals surface area contributed by atoms with Crippen LogP contribution in [0.25, 0.3) is 0 Å². The Hall–Kier alpha value is -2.31. The van der Waals surface area contributed by atoms with E-state index in [1.807, 2.05) is 70.2 Å². The number of hydrogen-bond acceptors (Lipinski definition) is 4. The van der Waals surface area contributed by atoms with Crippen LogP contribution in [0.1, 0.15) is 62.9 Å². The van der Waals surface area contributed by atoms with E-state index in [1.54, 1.807) is 6.07 Å². The lowest BCUT2D eigenvalue weighted by Crippen LogP contribution is -2.41. The third-order valence-corrected chi connectivity index (χ3v) is 6.46. The second-order valence-electron chi connectivity index (χ2n) is 9.22. The number of nitrogens with one attached hydrogen (secondary N) is 1. The monoisotopic (exact) mass is 407 g/mol. The summed E-state index contributed by atoms with van der Waals surface area (Å²) in [7, 11) is -0.551. The first-order valence-corrected chi connectivity index (χ1v) is 10.7. The fourth-order valence-electron chi connectivity index (χ4n) is 3.52. The van der Waals surface area contributed by atoms with Gasteiger partial charge in [-0.05, 0) is 64.7 Å². The van der Waals surface area contributed by atoms with Crippen LogP contribution in [0, 0.1) is 0 Å². The molecule has 0 radical (unpaired) electrons. The van der Waals surface area contributed by atoms with Gasteiger partial charge in [-0.15, -0.1) is 0 Å². The molecule has 0 bridgehead atoms. The van der Waals surface area contributed by atoms with E-state index in [4.69, 9.17) is 14.0 Å². The minimum absolute atomic E-state index is 0.0651. The predicted molar refractivity (Wildman–Crippen MR) is 118 cm³/mol. The molecule has 0 aromatic heterocycles. The molecule has 2 aromatic carbocycles. The molecule has 1 saturated carbocycles. The van der Waals surface area contributed by atoms with Gasteiger partial charge in [0.05, 0.1) is 11.2 Å². The summed E-state index contributed by atoms with van der Waals surface area (Å²) >= 11 is 0. The first kappa shape index (κ1) is 20.9. The standard InChI is InChI=1S/C24H30BNO4/c1-23(2)24(3,4)30-25(29-23)20-14-13-18(22(27)26-19-11-8-12-19)15-21(20)28-16-17-9-6-5-7-10-17/h5-7,9-10,13-15,19H,8,11-12,16H2,1-4H3,(H,26,27). The second kappa shape index (κ2) is 8.08. The van der Waals surface area contributed by atoms with E-state index in [1.165, 1.54) is 6.42 Å². The molecule has 2 aliphatic rings. The second-order valence-corrected chi connectivity index (χ2v) is 9.22. The van der Waals surface area contributed by atoms with Crippen LogP contribution in [0.15, 0.2) is 48.5 Å². The van der Waals surface area contributed by atoms with Crippen LogP contribution in [0.4, 0.5) is 0 Å². The first-order chi connectivity index (χ1) is 14.2. The number of hydrogen-bond donors (Lipinski definition) is 1. The summed E-state index contributed by atoms with van der Waals surface area (Å²) in [5.41, 5.74) is 1.54. The van der Waals surface area contributed by atoms with Crippen LogP contribution in [-0.2, 0) is 15.9 Å². The van der Waals surface area contributed by atoms with Crippen LogP contribution >= 0.6 is 0 Å². The molecule has 158 valence electrons. The topological polar surface area (TPSA) is 56.8 Å². The van der Waals surface area contributed by atoms with Gasteiger partial charge in [-0.1, -0.05) is 36.4 Å². The third kappa shape index (κ3) is 4.25. The maximum atomic E-state index is 12.7. The Kier molecular flexibility index (Phi) is 5.64. The Morgan fingerprint density at radius 1 is 1.07 bits per heavy atom. The van der Waals surface area contributed by atoms with E-state index in [9.17, 15) is 4.79 Å². The molecule has 6 heteroatoms. The lowest BCUT2D eigenvalue weighted by molar-refractivity contribution is 0.00578. The minimum Gasteiger partial charge on any atom is -0.489 e. The Balaban J connectivity index is 1.60. The smallest absolute Gasteiger partial charge is 0.489 e. The zero-order valence-electron chi connectivity index (χ0n) is 18.2. The van der Waals surface area contributed by atoms with Gasteiger partial charge in [0, 0.05) is 17.1 Å². The highest BCUT2D eigenvalue weighted by atomic mass is 16.7. The van der Waals surface area contributed by atoms with Gasteiger partial charge in [0.2, 0.25) is 0 Å². The summed E-state index contributed by atoms with van der Waals surface area (Å²) in [6.45, 7) is 8.51. The molecule has 4 rings (SSSR count). The Labute approximate surface area is 179 Å². The molecule has 0 atom stereocenters. The van der Waals surface area contributed by atoms with Gasteiger partial charge in [0.15, 0.2) is 0 Å². The minimum atomic E-state index is -0.551. The molecule has 1 heterocycles. The van der Waals surface area contributed by atoms with E-state index in [2.05, 4.69) is 5.32 Å². The number of carbonyl (C=O) groups is 1. The summed E-state index contributed by atoms with van der Waals surface area (Å²) in [4.78, 5) is 12.7. The van der Waals surface area contributed by atoms with Crippen molar-refractivity contribution in [2.45, 2.75) is 70.8 Å². The zero-order chi connectivity index (χ0) is 21.4. The van der Waals surface area contributed by atoms with Crippen LogP contribution in [0.5, 0.6) is 5.75 Å². The number of ether oxygens (including phenoxy) is 1. The summed E-state index contributed by atoms with van der Waals surface area (Å²) in [6.07, 6.45) is 3.28. The van der Waals surface area contributed by atoms with Gasteiger partial charge in [0.1, 0.15) is 12.4 Å². The summed E-state index contributed by atoms with van der Waals surface area (Å²) in [6, 6.07) is 15.8. The fraction of sp³-hybridized carbons (Fsp3) is 0.458. The first-order valence-electron chi connectivity index (χ1n) is 10.7. The van der Waals surface area contributed by atoms with Crippen molar-refractivity contribution >= 4 is 18.5 Å². The van der Waals surface area contributed by atoms with Crippen molar-refractivity contribution in [1.82, 2.24) is 5.32 Å². The molecule has 1 N–H and O–H groups in total. The fourth-order valence-corrected chi connectivity index (χ4v) is 3.52. The van der Waals surface area contributed by atoms with Gasteiger partial charge in [-0.2, -0.15) is 0 Å². The van der Waals surface area contributed by atoms with Crippen molar-refractivity contribution in [1.29, 1.82) is 0 Å². The van der Waals surface area contributed by atoms with Crippen molar-refractivity contribution in [2.24, 2.45) is 0 Å². The molecule has 1 aliphatic heterocycles. The predicted octanol–water partition coefficient (Wildman–Crippen LogP) is 3.85. The van der Waals surface area contributed by atoms with Gasteiger partial charge in [-0.25, -0.2) is 0 Å². The molecule has 1 amide bonds. The Bertz CT molecular complexity index is 893. The quantitative estimate of drug-likeness (QED) is 0.740. The molecule has 2 aromatic rings. The zero-order valence-corrected chi connectivity index (χ0v) is 18.2. The molecular weight excluding hydrogens is 377 g/mol. The average molecular weight is 407 g/mol. The van der Waals surface area contributed by atoms with Crippen molar-refractivity contribution in [2.75, 3.05) is 0 Å². The lowest BCUT2D eigenvalue weighted by atomic mass is 9.78. The largest absolute Gasteiger partial charge is 0.498 e. The van der Waals surface area contributed by atoms with Crippen LogP contribution < -0.4 is 15.5 Å². The molecule has 0 unspecified atom stereocenters. The van der Waals surface area contributed by atoms with E-state index >= 15 is 0 Å². The van der Waals surface area contributed by atoms with Crippen molar-refractivity contribution in [3.05, 3.63) is 59.7 Å². The van der Waals surface area contributed by atoms with Crippen LogP contribution in [0.3, 0.4) is 0 Å². The highest BCUT2D eigenvalue weighted by Gasteiger charge is 2.52. The summed E-state index contributed by atoms with van der Waals surface area (Å²) in [5.74, 6) is 0.545. The number of benzene rings is 2. The Morgan fingerprint density at radius 3 is 2.33 bits per heavy atom. The molecule has 30 heavy (non-hydrogen) atoms. The normalized spacial score (nSPS) is 19.9. The maximum absolute atomic E-state index is 12.7. The van der Waals surface area contributed by atoms with E-state index in [0.29, 0.717) is 17.9 Å². The number of rotatable bonds is 6. The molecular formula is C24H30BNO4. The SMILES string of the molecule is CC1(C)OB(c2ccc(C(=O)NC3CCC3)cc2OCc2ccccc2)OC1(C)C. The summed E-state index contributed by atoms with van der Waals surface area (Å²) in [5, 5.41) is 3.09.